The lowest BCUT2D eigenvalue weighted by Gasteiger charge is -2.17. The van der Waals surface area contributed by atoms with Gasteiger partial charge in [0.2, 0.25) is 5.91 Å². The van der Waals surface area contributed by atoms with Gasteiger partial charge in [0, 0.05) is 18.8 Å². The molecule has 7 nitrogen and oxygen atoms in total. The quantitative estimate of drug-likeness (QED) is 0.699. The number of carboxylic acids is 1. The maximum absolute atomic E-state index is 13.6. The Labute approximate surface area is 161 Å². The summed E-state index contributed by atoms with van der Waals surface area (Å²) >= 11 is 0. The molecular formula is C20H21FN2O5. The van der Waals surface area contributed by atoms with E-state index in [-0.39, 0.29) is 24.6 Å². The van der Waals surface area contributed by atoms with Crippen LogP contribution in [-0.2, 0) is 4.79 Å². The van der Waals surface area contributed by atoms with Crippen molar-refractivity contribution in [3.8, 4) is 5.75 Å². The van der Waals surface area contributed by atoms with Crippen LogP contribution in [-0.4, -0.2) is 58.8 Å². The lowest BCUT2D eigenvalue weighted by atomic mass is 10.2. The Morgan fingerprint density at radius 1 is 1.21 bits per heavy atom. The van der Waals surface area contributed by atoms with E-state index < -0.39 is 24.0 Å². The molecule has 148 valence electrons. The van der Waals surface area contributed by atoms with Crippen LogP contribution in [0.15, 0.2) is 42.5 Å². The summed E-state index contributed by atoms with van der Waals surface area (Å²) in [6.07, 6.45) is -1.33. The summed E-state index contributed by atoms with van der Waals surface area (Å²) in [6.45, 7) is 2.26. The molecule has 8 heteroatoms. The molecule has 1 aliphatic rings. The summed E-state index contributed by atoms with van der Waals surface area (Å²) in [5.74, 6) is -1.30. The van der Waals surface area contributed by atoms with Crippen molar-refractivity contribution in [3.05, 3.63) is 59.4 Å². The second kappa shape index (κ2) is 8.37. The number of aryl methyl sites for hydroxylation is 1. The van der Waals surface area contributed by atoms with Crippen molar-refractivity contribution < 1.29 is 28.9 Å². The SMILES string of the molecule is Cc1ccc(NC(=O)CN2C[C@@H](O)[C@H](Oc3ccc(C(=O)O)cc3)C2)cc1F. The molecular weight excluding hydrogens is 367 g/mol. The fourth-order valence-electron chi connectivity index (χ4n) is 3.00. The second-order valence-electron chi connectivity index (χ2n) is 6.76. The molecule has 3 rings (SSSR count). The number of ether oxygens (including phenoxy) is 1. The van der Waals surface area contributed by atoms with E-state index in [0.717, 1.165) is 0 Å². The number of amides is 1. The van der Waals surface area contributed by atoms with Crippen LogP contribution in [0.2, 0.25) is 0 Å². The van der Waals surface area contributed by atoms with Gasteiger partial charge in [-0.05, 0) is 48.9 Å². The summed E-state index contributed by atoms with van der Waals surface area (Å²) in [4.78, 5) is 24.8. The van der Waals surface area contributed by atoms with Gasteiger partial charge < -0.3 is 20.3 Å². The van der Waals surface area contributed by atoms with Crippen molar-refractivity contribution in [1.82, 2.24) is 4.90 Å². The zero-order chi connectivity index (χ0) is 20.3. The van der Waals surface area contributed by atoms with Crippen LogP contribution in [0, 0.1) is 12.7 Å². The number of carboxylic acid groups (broad SMARTS) is 1. The first kappa shape index (κ1) is 19.8. The van der Waals surface area contributed by atoms with Crippen LogP contribution in [0.3, 0.4) is 0 Å². The molecule has 2 aromatic carbocycles. The maximum Gasteiger partial charge on any atom is 0.335 e. The summed E-state index contributed by atoms with van der Waals surface area (Å²) in [5, 5.41) is 21.7. The molecule has 0 bridgehead atoms. The summed E-state index contributed by atoms with van der Waals surface area (Å²) < 4.78 is 19.3. The normalized spacial score (nSPS) is 19.4. The molecule has 1 saturated heterocycles. The van der Waals surface area contributed by atoms with Crippen LogP contribution in [0.25, 0.3) is 0 Å². The molecule has 0 aromatic heterocycles. The van der Waals surface area contributed by atoms with Gasteiger partial charge in [0.05, 0.1) is 12.1 Å². The first-order valence-corrected chi connectivity index (χ1v) is 8.78. The molecule has 1 aliphatic heterocycles. The van der Waals surface area contributed by atoms with E-state index in [1.807, 2.05) is 0 Å². The Kier molecular flexibility index (Phi) is 5.91. The number of hydrogen-bond donors (Lipinski definition) is 3. The van der Waals surface area contributed by atoms with E-state index >= 15 is 0 Å². The van der Waals surface area contributed by atoms with Crippen LogP contribution in [0.4, 0.5) is 10.1 Å². The number of β-amino-alcohol motifs (C(OH)–C–C–N with tert-alkyl or cyclic N) is 1. The Morgan fingerprint density at radius 2 is 1.93 bits per heavy atom. The Morgan fingerprint density at radius 3 is 2.57 bits per heavy atom. The average Bonchev–Trinajstić information content (AvgIpc) is 2.97. The third-order valence-electron chi connectivity index (χ3n) is 4.52. The van der Waals surface area contributed by atoms with Crippen molar-refractivity contribution in [2.45, 2.75) is 19.1 Å². The molecule has 2 atom stereocenters. The topological polar surface area (TPSA) is 99.1 Å². The number of nitrogens with one attached hydrogen (secondary N) is 1. The lowest BCUT2D eigenvalue weighted by Crippen LogP contribution is -2.33. The van der Waals surface area contributed by atoms with Crippen LogP contribution >= 0.6 is 0 Å². The highest BCUT2D eigenvalue weighted by Crippen LogP contribution is 2.20. The lowest BCUT2D eigenvalue weighted by molar-refractivity contribution is -0.117. The van der Waals surface area contributed by atoms with Gasteiger partial charge in [-0.15, -0.1) is 0 Å². The molecule has 0 saturated carbocycles. The van der Waals surface area contributed by atoms with Gasteiger partial charge in [-0.25, -0.2) is 9.18 Å². The van der Waals surface area contributed by atoms with Crippen molar-refractivity contribution in [2.75, 3.05) is 25.0 Å². The van der Waals surface area contributed by atoms with Gasteiger partial charge in [-0.3, -0.25) is 9.69 Å². The third-order valence-corrected chi connectivity index (χ3v) is 4.52. The zero-order valence-electron chi connectivity index (χ0n) is 15.3. The van der Waals surface area contributed by atoms with Gasteiger partial charge in [0.15, 0.2) is 0 Å². The molecule has 0 radical (unpaired) electrons. The van der Waals surface area contributed by atoms with E-state index in [2.05, 4.69) is 5.32 Å². The first-order chi connectivity index (χ1) is 13.3. The number of aromatic carboxylic acids is 1. The monoisotopic (exact) mass is 388 g/mol. The number of benzene rings is 2. The predicted octanol–water partition coefficient (Wildman–Crippen LogP) is 1.89. The van der Waals surface area contributed by atoms with Gasteiger partial charge in [-0.2, -0.15) is 0 Å². The van der Waals surface area contributed by atoms with Gasteiger partial charge in [0.25, 0.3) is 0 Å². The number of aliphatic hydroxyl groups excluding tert-OH is 1. The second-order valence-corrected chi connectivity index (χ2v) is 6.76. The standard InChI is InChI=1S/C20H21FN2O5/c1-12-2-5-14(8-16(12)21)22-19(25)11-23-9-17(24)18(10-23)28-15-6-3-13(4-7-15)20(26)27/h2-8,17-18,24H,9-11H2,1H3,(H,22,25)(H,26,27)/t17-,18-/m1/s1. The minimum absolute atomic E-state index is 0.0321. The smallest absolute Gasteiger partial charge is 0.335 e. The zero-order valence-corrected chi connectivity index (χ0v) is 15.3. The van der Waals surface area contributed by atoms with Crippen LogP contribution in [0.1, 0.15) is 15.9 Å². The molecule has 0 spiro atoms. The molecule has 0 aliphatic carbocycles. The first-order valence-electron chi connectivity index (χ1n) is 8.78. The van der Waals surface area contributed by atoms with Gasteiger partial charge in [-0.1, -0.05) is 6.07 Å². The molecule has 3 N–H and O–H groups in total. The van der Waals surface area contributed by atoms with Crippen LogP contribution < -0.4 is 10.1 Å². The molecule has 2 aromatic rings. The number of carbonyl (C=O) groups excluding carboxylic acids is 1. The number of rotatable bonds is 6. The Balaban J connectivity index is 1.53. The number of anilines is 1. The highest BCUT2D eigenvalue weighted by molar-refractivity contribution is 5.92. The number of hydrogen-bond acceptors (Lipinski definition) is 5. The third kappa shape index (κ3) is 4.85. The Hall–Kier alpha value is -2.97. The Bertz CT molecular complexity index is 871. The van der Waals surface area contributed by atoms with E-state index in [0.29, 0.717) is 23.5 Å². The predicted molar refractivity (Wildman–Crippen MR) is 100 cm³/mol. The minimum Gasteiger partial charge on any atom is -0.486 e. The van der Waals surface area contributed by atoms with Gasteiger partial charge in [0.1, 0.15) is 23.8 Å². The van der Waals surface area contributed by atoms with E-state index in [1.54, 1.807) is 24.0 Å². The highest BCUT2D eigenvalue weighted by Gasteiger charge is 2.34. The van der Waals surface area contributed by atoms with Crippen molar-refractivity contribution >= 4 is 17.6 Å². The van der Waals surface area contributed by atoms with E-state index in [9.17, 15) is 19.1 Å². The van der Waals surface area contributed by atoms with E-state index in [1.165, 1.54) is 30.3 Å². The summed E-state index contributed by atoms with van der Waals surface area (Å²) in [5.41, 5.74) is 1.02. The maximum atomic E-state index is 13.6. The highest BCUT2D eigenvalue weighted by atomic mass is 19.1. The van der Waals surface area contributed by atoms with Crippen molar-refractivity contribution in [1.29, 1.82) is 0 Å². The molecule has 1 amide bonds. The number of aliphatic hydroxyl groups is 1. The molecule has 0 unspecified atom stereocenters. The van der Waals surface area contributed by atoms with Crippen molar-refractivity contribution in [2.24, 2.45) is 0 Å². The number of nitrogens with zero attached hydrogens (tertiary/aromatic N) is 1. The molecule has 1 fully saturated rings. The molecule has 28 heavy (non-hydrogen) atoms. The number of likely N-dealkylation sites (tertiary alicyclic amines) is 1. The summed E-state index contributed by atoms with van der Waals surface area (Å²) in [7, 11) is 0. The van der Waals surface area contributed by atoms with Gasteiger partial charge >= 0.3 is 5.97 Å². The minimum atomic E-state index is -1.03. The number of halogens is 1. The van der Waals surface area contributed by atoms with Crippen LogP contribution in [0.5, 0.6) is 5.75 Å². The molecule has 1 heterocycles. The van der Waals surface area contributed by atoms with Crippen molar-refractivity contribution in [3.63, 3.8) is 0 Å². The largest absolute Gasteiger partial charge is 0.486 e. The average molecular weight is 388 g/mol. The number of carbonyl (C=O) groups is 2. The fourth-order valence-corrected chi connectivity index (χ4v) is 3.00. The van der Waals surface area contributed by atoms with E-state index in [4.69, 9.17) is 9.84 Å². The summed E-state index contributed by atoms with van der Waals surface area (Å²) in [6, 6.07) is 10.4. The fraction of sp³-hybridized carbons (Fsp3) is 0.300.